The first kappa shape index (κ1) is 10.5. The summed E-state index contributed by atoms with van der Waals surface area (Å²) >= 11 is 0. The summed E-state index contributed by atoms with van der Waals surface area (Å²) in [7, 11) is 0. The van der Waals surface area contributed by atoms with E-state index < -0.39 is 0 Å². The van der Waals surface area contributed by atoms with Crippen LogP contribution in [0.4, 0.5) is 0 Å². The lowest BCUT2D eigenvalue weighted by atomic mass is 10.1. The van der Waals surface area contributed by atoms with Gasteiger partial charge in [-0.2, -0.15) is 5.21 Å². The van der Waals surface area contributed by atoms with E-state index in [0.717, 1.165) is 17.0 Å². The van der Waals surface area contributed by atoms with Crippen molar-refractivity contribution in [2.45, 2.75) is 6.42 Å². The van der Waals surface area contributed by atoms with Gasteiger partial charge in [0, 0.05) is 18.8 Å². The summed E-state index contributed by atoms with van der Waals surface area (Å²) in [5, 5.41) is 13.8. The normalized spacial score (nSPS) is 10.4. The van der Waals surface area contributed by atoms with Crippen LogP contribution >= 0.6 is 0 Å². The molecule has 3 heterocycles. The molecule has 0 spiro atoms. The zero-order valence-corrected chi connectivity index (χ0v) is 9.48. The Bertz CT molecular complexity index is 620. The Morgan fingerprint density at radius 3 is 2.72 bits per heavy atom. The van der Waals surface area contributed by atoms with Crippen molar-refractivity contribution in [3.05, 3.63) is 54.1 Å². The molecule has 0 bridgehead atoms. The second-order valence-corrected chi connectivity index (χ2v) is 3.77. The van der Waals surface area contributed by atoms with Crippen LogP contribution in [-0.4, -0.2) is 30.6 Å². The van der Waals surface area contributed by atoms with Crippen molar-refractivity contribution < 1.29 is 0 Å². The highest BCUT2D eigenvalue weighted by Gasteiger charge is 2.04. The first-order chi connectivity index (χ1) is 8.92. The van der Waals surface area contributed by atoms with Crippen molar-refractivity contribution >= 4 is 0 Å². The van der Waals surface area contributed by atoms with Crippen molar-refractivity contribution in [2.24, 2.45) is 0 Å². The van der Waals surface area contributed by atoms with Gasteiger partial charge >= 0.3 is 0 Å². The quantitative estimate of drug-likeness (QED) is 0.742. The smallest absolute Gasteiger partial charge is 0.178 e. The number of aromatic nitrogens is 6. The third-order valence-electron chi connectivity index (χ3n) is 2.50. The maximum absolute atomic E-state index is 4.31. The number of nitrogens with one attached hydrogen (secondary N) is 1. The molecule has 3 aromatic heterocycles. The van der Waals surface area contributed by atoms with Gasteiger partial charge in [0.15, 0.2) is 5.82 Å². The number of hydrogen-bond acceptors (Lipinski definition) is 5. The average molecular weight is 238 g/mol. The molecule has 6 heteroatoms. The summed E-state index contributed by atoms with van der Waals surface area (Å²) in [6.07, 6.45) is 4.14. The van der Waals surface area contributed by atoms with E-state index in [2.05, 4.69) is 30.6 Å². The van der Waals surface area contributed by atoms with Crippen LogP contribution in [0, 0.1) is 0 Å². The molecule has 18 heavy (non-hydrogen) atoms. The fourth-order valence-corrected chi connectivity index (χ4v) is 1.68. The molecule has 0 aliphatic rings. The summed E-state index contributed by atoms with van der Waals surface area (Å²) in [5.74, 6) is 0.660. The van der Waals surface area contributed by atoms with E-state index in [1.165, 1.54) is 0 Å². The molecular formula is C12H10N6. The Labute approximate surface area is 103 Å². The molecule has 1 N–H and O–H groups in total. The van der Waals surface area contributed by atoms with Crippen molar-refractivity contribution in [1.82, 2.24) is 30.6 Å². The summed E-state index contributed by atoms with van der Waals surface area (Å²) in [4.78, 5) is 8.59. The average Bonchev–Trinajstić information content (AvgIpc) is 2.93. The number of H-pyrrole nitrogens is 1. The Morgan fingerprint density at radius 2 is 1.94 bits per heavy atom. The first-order valence-corrected chi connectivity index (χ1v) is 5.50. The van der Waals surface area contributed by atoms with Gasteiger partial charge in [-0.1, -0.05) is 11.3 Å². The summed E-state index contributed by atoms with van der Waals surface area (Å²) in [6.45, 7) is 0. The summed E-state index contributed by atoms with van der Waals surface area (Å²) in [5.41, 5.74) is 2.77. The molecule has 0 radical (unpaired) electrons. The van der Waals surface area contributed by atoms with Gasteiger partial charge < -0.3 is 0 Å². The van der Waals surface area contributed by atoms with E-state index in [-0.39, 0.29) is 0 Å². The molecule has 0 fully saturated rings. The van der Waals surface area contributed by atoms with Gasteiger partial charge in [0.2, 0.25) is 0 Å². The number of tetrazole rings is 1. The lowest BCUT2D eigenvalue weighted by Crippen LogP contribution is -1.94. The molecule has 0 unspecified atom stereocenters. The lowest BCUT2D eigenvalue weighted by molar-refractivity contribution is 0.881. The number of rotatable bonds is 3. The van der Waals surface area contributed by atoms with Crippen molar-refractivity contribution in [1.29, 1.82) is 0 Å². The van der Waals surface area contributed by atoms with E-state index >= 15 is 0 Å². The zero-order chi connectivity index (χ0) is 12.2. The van der Waals surface area contributed by atoms with Crippen molar-refractivity contribution in [2.75, 3.05) is 0 Å². The zero-order valence-electron chi connectivity index (χ0n) is 9.48. The molecule has 88 valence electrons. The van der Waals surface area contributed by atoms with Gasteiger partial charge in [-0.05, 0) is 29.8 Å². The monoisotopic (exact) mass is 238 g/mol. The molecule has 3 aromatic rings. The summed E-state index contributed by atoms with van der Waals surface area (Å²) in [6, 6.07) is 9.67. The SMILES string of the molecule is c1ccc(-c2cc(Cc3nn[nH]n3)ccn2)nc1. The Hall–Kier alpha value is -2.63. The highest BCUT2D eigenvalue weighted by molar-refractivity contribution is 5.54. The minimum Gasteiger partial charge on any atom is -0.255 e. The van der Waals surface area contributed by atoms with Crippen LogP contribution < -0.4 is 0 Å². The van der Waals surface area contributed by atoms with E-state index in [9.17, 15) is 0 Å². The number of pyridine rings is 2. The molecule has 3 rings (SSSR count). The highest BCUT2D eigenvalue weighted by atomic mass is 15.5. The highest BCUT2D eigenvalue weighted by Crippen LogP contribution is 2.15. The molecule has 0 aromatic carbocycles. The fraction of sp³-hybridized carbons (Fsp3) is 0.0833. The summed E-state index contributed by atoms with van der Waals surface area (Å²) < 4.78 is 0. The van der Waals surface area contributed by atoms with Gasteiger partial charge in [-0.25, -0.2) is 0 Å². The molecule has 0 saturated heterocycles. The fourth-order valence-electron chi connectivity index (χ4n) is 1.68. The van der Waals surface area contributed by atoms with E-state index in [4.69, 9.17) is 0 Å². The maximum atomic E-state index is 4.31. The molecule has 0 aliphatic heterocycles. The third-order valence-corrected chi connectivity index (χ3v) is 2.50. The third kappa shape index (κ3) is 2.22. The Balaban J connectivity index is 1.90. The van der Waals surface area contributed by atoms with Gasteiger partial charge in [-0.15, -0.1) is 10.2 Å². The van der Waals surface area contributed by atoms with Gasteiger partial charge in [-0.3, -0.25) is 9.97 Å². The second kappa shape index (κ2) is 4.70. The molecule has 0 atom stereocenters. The maximum Gasteiger partial charge on any atom is 0.178 e. The first-order valence-electron chi connectivity index (χ1n) is 5.50. The van der Waals surface area contributed by atoms with Crippen LogP contribution in [0.3, 0.4) is 0 Å². The largest absolute Gasteiger partial charge is 0.255 e. The molecule has 0 aliphatic carbocycles. The van der Waals surface area contributed by atoms with E-state index in [1.54, 1.807) is 12.4 Å². The number of nitrogens with zero attached hydrogens (tertiary/aromatic N) is 5. The minimum atomic E-state index is 0.624. The topological polar surface area (TPSA) is 80.2 Å². The minimum absolute atomic E-state index is 0.624. The van der Waals surface area contributed by atoms with Crippen molar-refractivity contribution in [3.8, 4) is 11.4 Å². The molecule has 0 saturated carbocycles. The van der Waals surface area contributed by atoms with Crippen LogP contribution in [0.1, 0.15) is 11.4 Å². The molecular weight excluding hydrogens is 228 g/mol. The van der Waals surface area contributed by atoms with Gasteiger partial charge in [0.1, 0.15) is 0 Å². The predicted octanol–water partition coefficient (Wildman–Crippen LogP) is 1.25. The van der Waals surface area contributed by atoms with Crippen LogP contribution in [-0.2, 0) is 6.42 Å². The predicted molar refractivity (Wildman–Crippen MR) is 64.5 cm³/mol. The molecule has 0 amide bonds. The lowest BCUT2D eigenvalue weighted by Gasteiger charge is -2.02. The number of aromatic amines is 1. The Morgan fingerprint density at radius 1 is 1.00 bits per heavy atom. The Kier molecular flexibility index (Phi) is 2.75. The van der Waals surface area contributed by atoms with Crippen LogP contribution in [0.15, 0.2) is 42.7 Å². The van der Waals surface area contributed by atoms with Crippen LogP contribution in [0.5, 0.6) is 0 Å². The van der Waals surface area contributed by atoms with Gasteiger partial charge in [0.05, 0.1) is 11.4 Å². The molecule has 6 nitrogen and oxygen atoms in total. The van der Waals surface area contributed by atoms with Gasteiger partial charge in [0.25, 0.3) is 0 Å². The van der Waals surface area contributed by atoms with E-state index in [1.807, 2.05) is 30.3 Å². The second-order valence-electron chi connectivity index (χ2n) is 3.77. The van der Waals surface area contributed by atoms with E-state index in [0.29, 0.717) is 12.2 Å². The van der Waals surface area contributed by atoms with Crippen molar-refractivity contribution in [3.63, 3.8) is 0 Å². The van der Waals surface area contributed by atoms with Crippen LogP contribution in [0.2, 0.25) is 0 Å². The number of hydrogen-bond donors (Lipinski definition) is 1. The standard InChI is InChI=1S/C12H10N6/c1-2-5-13-10(3-1)11-7-9(4-6-14-11)8-12-15-17-18-16-12/h1-7H,8H2,(H,15,16,17,18). The van der Waals surface area contributed by atoms with Crippen LogP contribution in [0.25, 0.3) is 11.4 Å².